The van der Waals surface area contributed by atoms with Crippen molar-refractivity contribution in [3.8, 4) is 0 Å². The number of imidazole rings is 1. The molecule has 0 atom stereocenters. The molecule has 0 aliphatic rings. The van der Waals surface area contributed by atoms with Crippen LogP contribution in [0.2, 0.25) is 0 Å². The second kappa shape index (κ2) is 7.86. The van der Waals surface area contributed by atoms with Crippen molar-refractivity contribution >= 4 is 38.5 Å². The molecule has 1 heterocycles. The van der Waals surface area contributed by atoms with Crippen molar-refractivity contribution in [2.24, 2.45) is 14.1 Å². The highest BCUT2D eigenvalue weighted by Crippen LogP contribution is 2.37. The number of nitrogens with one attached hydrogen (secondary N) is 1. The van der Waals surface area contributed by atoms with Crippen molar-refractivity contribution in [3.63, 3.8) is 0 Å². The Morgan fingerprint density at radius 1 is 0.839 bits per heavy atom. The number of sulfonamides is 1. The molecule has 160 valence electrons. The lowest BCUT2D eigenvalue weighted by Crippen LogP contribution is -2.19. The van der Waals surface area contributed by atoms with Crippen molar-refractivity contribution in [1.29, 1.82) is 0 Å². The highest BCUT2D eigenvalue weighted by atomic mass is 32.2. The van der Waals surface area contributed by atoms with Crippen LogP contribution in [0.3, 0.4) is 0 Å². The van der Waals surface area contributed by atoms with Gasteiger partial charge in [0.15, 0.2) is 0 Å². The molecule has 1 N–H and O–H groups in total. The van der Waals surface area contributed by atoms with Gasteiger partial charge >= 0.3 is 5.69 Å². The van der Waals surface area contributed by atoms with Crippen LogP contribution >= 0.6 is 11.8 Å². The van der Waals surface area contributed by atoms with Crippen LogP contribution in [0, 0.1) is 11.6 Å². The van der Waals surface area contributed by atoms with Gasteiger partial charge in [0.05, 0.1) is 21.6 Å². The molecule has 10 heteroatoms. The van der Waals surface area contributed by atoms with E-state index in [-0.39, 0.29) is 22.1 Å². The molecule has 6 nitrogen and oxygen atoms in total. The maximum atomic E-state index is 13.3. The smallest absolute Gasteiger partial charge is 0.295 e. The Kier molecular flexibility index (Phi) is 5.36. The topological polar surface area (TPSA) is 73.1 Å². The van der Waals surface area contributed by atoms with Gasteiger partial charge in [-0.2, -0.15) is 0 Å². The summed E-state index contributed by atoms with van der Waals surface area (Å²) in [6.45, 7) is 0. The number of benzene rings is 3. The zero-order valence-corrected chi connectivity index (χ0v) is 18.1. The Morgan fingerprint density at radius 2 is 1.35 bits per heavy atom. The van der Waals surface area contributed by atoms with Crippen LogP contribution in [0.1, 0.15) is 0 Å². The highest BCUT2D eigenvalue weighted by Gasteiger charge is 2.19. The van der Waals surface area contributed by atoms with Crippen LogP contribution in [0.25, 0.3) is 11.0 Å². The zero-order chi connectivity index (χ0) is 22.3. The Labute approximate surface area is 181 Å². The average Bonchev–Trinajstić information content (AvgIpc) is 2.94. The van der Waals surface area contributed by atoms with Gasteiger partial charge in [0.1, 0.15) is 11.6 Å². The van der Waals surface area contributed by atoms with Gasteiger partial charge in [-0.05, 0) is 60.7 Å². The maximum absolute atomic E-state index is 13.3. The summed E-state index contributed by atoms with van der Waals surface area (Å²) in [7, 11) is -0.803. The average molecular weight is 462 g/mol. The number of anilines is 1. The van der Waals surface area contributed by atoms with Gasteiger partial charge in [-0.15, -0.1) is 0 Å². The summed E-state index contributed by atoms with van der Waals surface area (Å²) < 4.78 is 57.7. The Balaban J connectivity index is 1.85. The quantitative estimate of drug-likeness (QED) is 0.486. The normalized spacial score (nSPS) is 11.7. The summed E-state index contributed by atoms with van der Waals surface area (Å²) in [6, 6.07) is 13.5. The number of halogens is 2. The van der Waals surface area contributed by atoms with Crippen molar-refractivity contribution in [2.75, 3.05) is 4.72 Å². The van der Waals surface area contributed by atoms with Crippen molar-refractivity contribution < 1.29 is 17.2 Å². The number of aromatic nitrogens is 2. The largest absolute Gasteiger partial charge is 0.328 e. The molecule has 31 heavy (non-hydrogen) atoms. The fourth-order valence-corrected chi connectivity index (χ4v) is 5.19. The van der Waals surface area contributed by atoms with Crippen LogP contribution in [-0.2, 0) is 24.1 Å². The second-order valence-corrected chi connectivity index (χ2v) is 9.65. The van der Waals surface area contributed by atoms with E-state index in [1.807, 2.05) is 0 Å². The lowest BCUT2D eigenvalue weighted by molar-refractivity contribution is 0.599. The van der Waals surface area contributed by atoms with Gasteiger partial charge in [-0.25, -0.2) is 22.0 Å². The zero-order valence-electron chi connectivity index (χ0n) is 16.5. The first-order valence-corrected chi connectivity index (χ1v) is 11.4. The molecule has 0 unspecified atom stereocenters. The van der Waals surface area contributed by atoms with Crippen molar-refractivity contribution in [1.82, 2.24) is 9.13 Å². The predicted octanol–water partition coefficient (Wildman–Crippen LogP) is 4.11. The first-order chi connectivity index (χ1) is 14.7. The minimum atomic E-state index is -4.02. The monoisotopic (exact) mass is 461 g/mol. The third kappa shape index (κ3) is 4.08. The second-order valence-electron chi connectivity index (χ2n) is 6.85. The van der Waals surface area contributed by atoms with Crippen LogP contribution in [0.5, 0.6) is 0 Å². The van der Waals surface area contributed by atoms with E-state index in [4.69, 9.17) is 0 Å². The Morgan fingerprint density at radius 3 is 1.94 bits per heavy atom. The number of nitrogens with zero attached hydrogens (tertiary/aromatic N) is 2. The summed E-state index contributed by atoms with van der Waals surface area (Å²) in [5, 5.41) is 0. The lowest BCUT2D eigenvalue weighted by Gasteiger charge is -2.14. The van der Waals surface area contributed by atoms with E-state index in [0.29, 0.717) is 20.8 Å². The molecule has 0 saturated heterocycles. The Bertz CT molecular complexity index is 1440. The standard InChI is InChI=1S/C21H17F2N3O3S2/c1-25-18-11-17(24-31(28,29)16-9-5-14(23)6-10-16)20(12-19(18)26(2)21(25)27)30-15-7-3-13(22)4-8-15/h3-12,24H,1-2H3. The fraction of sp³-hybridized carbons (Fsp3) is 0.0952. The molecule has 1 aromatic heterocycles. The number of fused-ring (bicyclic) bond motifs is 1. The molecule has 0 aliphatic carbocycles. The molecule has 0 bridgehead atoms. The SMILES string of the molecule is Cn1c(=O)n(C)c2cc(Sc3ccc(F)cc3)c(NS(=O)(=O)c3ccc(F)cc3)cc21. The lowest BCUT2D eigenvalue weighted by atomic mass is 10.3. The summed E-state index contributed by atoms with van der Waals surface area (Å²) >= 11 is 1.22. The van der Waals surface area contributed by atoms with Crippen molar-refractivity contribution in [3.05, 3.63) is 82.8 Å². The number of hydrogen-bond donors (Lipinski definition) is 1. The van der Waals surface area contributed by atoms with E-state index in [0.717, 1.165) is 12.1 Å². The number of hydrogen-bond acceptors (Lipinski definition) is 4. The maximum Gasteiger partial charge on any atom is 0.328 e. The summed E-state index contributed by atoms with van der Waals surface area (Å²) in [4.78, 5) is 13.4. The van der Waals surface area contributed by atoms with Crippen LogP contribution in [0.15, 0.2) is 80.1 Å². The molecule has 0 aliphatic heterocycles. The first-order valence-electron chi connectivity index (χ1n) is 9.07. The predicted molar refractivity (Wildman–Crippen MR) is 116 cm³/mol. The molecule has 4 aromatic rings. The van der Waals surface area contributed by atoms with Gasteiger partial charge in [-0.3, -0.25) is 13.9 Å². The van der Waals surface area contributed by atoms with Crippen LogP contribution in [-0.4, -0.2) is 17.6 Å². The molecule has 0 saturated carbocycles. The molecular weight excluding hydrogens is 444 g/mol. The van der Waals surface area contributed by atoms with E-state index >= 15 is 0 Å². The molecular formula is C21H17F2N3O3S2. The van der Waals surface area contributed by atoms with Gasteiger partial charge < -0.3 is 0 Å². The minimum Gasteiger partial charge on any atom is -0.295 e. The number of rotatable bonds is 5. The van der Waals surface area contributed by atoms with Crippen molar-refractivity contribution in [2.45, 2.75) is 14.7 Å². The van der Waals surface area contributed by atoms with Gasteiger partial charge in [0.2, 0.25) is 0 Å². The summed E-state index contributed by atoms with van der Waals surface area (Å²) in [6.07, 6.45) is 0. The summed E-state index contributed by atoms with van der Waals surface area (Å²) in [5.41, 5.74) is 1.13. The molecule has 0 radical (unpaired) electrons. The van der Waals surface area contributed by atoms with E-state index < -0.39 is 15.8 Å². The third-order valence-corrected chi connectivity index (χ3v) is 7.23. The van der Waals surface area contributed by atoms with E-state index in [1.54, 1.807) is 38.4 Å². The molecule has 0 spiro atoms. The van der Waals surface area contributed by atoms with Crippen LogP contribution in [0.4, 0.5) is 14.5 Å². The fourth-order valence-electron chi connectivity index (χ4n) is 3.14. The van der Waals surface area contributed by atoms with E-state index in [9.17, 15) is 22.0 Å². The van der Waals surface area contributed by atoms with Gasteiger partial charge in [0, 0.05) is 23.9 Å². The molecule has 0 amide bonds. The van der Waals surface area contributed by atoms with Crippen LogP contribution < -0.4 is 10.4 Å². The third-order valence-electron chi connectivity index (χ3n) is 4.78. The highest BCUT2D eigenvalue weighted by molar-refractivity contribution is 7.99. The van der Waals surface area contributed by atoms with Gasteiger partial charge in [-0.1, -0.05) is 11.8 Å². The molecule has 0 fully saturated rings. The van der Waals surface area contributed by atoms with Gasteiger partial charge in [0.25, 0.3) is 10.0 Å². The first kappa shape index (κ1) is 21.1. The number of aryl methyl sites for hydroxylation is 2. The Hall–Kier alpha value is -3.11. The van der Waals surface area contributed by atoms with E-state index in [2.05, 4.69) is 4.72 Å². The van der Waals surface area contributed by atoms with E-state index in [1.165, 1.54) is 45.2 Å². The molecule has 4 rings (SSSR count). The molecule has 3 aromatic carbocycles. The minimum absolute atomic E-state index is 0.103. The summed E-state index contributed by atoms with van der Waals surface area (Å²) in [5.74, 6) is -0.935.